The molecule has 0 radical (unpaired) electrons. The molecule has 0 spiro atoms. The molecule has 1 heterocycles. The van der Waals surface area contributed by atoms with Gasteiger partial charge in [0.2, 0.25) is 5.78 Å². The third-order valence-corrected chi connectivity index (χ3v) is 2.53. The van der Waals surface area contributed by atoms with Crippen LogP contribution >= 0.6 is 23.3 Å². The number of carbonyl (C=O) groups is 1. The number of hydrogen-bond donors (Lipinski definition) is 0. The highest BCUT2D eigenvalue weighted by Crippen LogP contribution is 2.37. The van der Waals surface area contributed by atoms with Gasteiger partial charge >= 0.3 is 0 Å². The SMILES string of the molecule is CP(C)(=O)OCC(=O)c1ccc(Br)o1. The minimum atomic E-state index is -2.61. The molecule has 4 nitrogen and oxygen atoms in total. The van der Waals surface area contributed by atoms with Crippen molar-refractivity contribution >= 4 is 29.1 Å². The van der Waals surface area contributed by atoms with Gasteiger partial charge in [-0.3, -0.25) is 9.36 Å². The van der Waals surface area contributed by atoms with Crippen LogP contribution in [0.5, 0.6) is 0 Å². The van der Waals surface area contributed by atoms with E-state index in [0.29, 0.717) is 4.67 Å². The second kappa shape index (κ2) is 4.43. The van der Waals surface area contributed by atoms with Crippen molar-refractivity contribution in [1.82, 2.24) is 0 Å². The Kier molecular flexibility index (Phi) is 3.70. The molecule has 6 heteroatoms. The van der Waals surface area contributed by atoms with Gasteiger partial charge in [-0.1, -0.05) is 0 Å². The number of Topliss-reactive ketones (excluding diaryl/α,β-unsaturated/α-hetero) is 1. The number of furan rings is 1. The minimum absolute atomic E-state index is 0.199. The van der Waals surface area contributed by atoms with E-state index in [4.69, 9.17) is 8.94 Å². The zero-order valence-corrected chi connectivity index (χ0v) is 10.3. The maximum atomic E-state index is 11.3. The van der Waals surface area contributed by atoms with Gasteiger partial charge in [0.1, 0.15) is 6.61 Å². The van der Waals surface area contributed by atoms with Crippen LogP contribution < -0.4 is 0 Å². The van der Waals surface area contributed by atoms with Gasteiger partial charge in [0.15, 0.2) is 17.8 Å². The van der Waals surface area contributed by atoms with Crippen LogP contribution in [0.1, 0.15) is 10.6 Å². The fourth-order valence-electron chi connectivity index (χ4n) is 0.749. The molecule has 0 aliphatic carbocycles. The number of carbonyl (C=O) groups excluding carboxylic acids is 1. The minimum Gasteiger partial charge on any atom is -0.446 e. The van der Waals surface area contributed by atoms with Crippen molar-refractivity contribution in [3.05, 3.63) is 22.6 Å². The predicted octanol–water partition coefficient (Wildman–Crippen LogP) is 2.78. The standard InChI is InChI=1S/C8H10BrO4P/c1-14(2,11)12-5-6(10)7-3-4-8(9)13-7/h3-4H,5H2,1-2H3. The Balaban J connectivity index is 2.56. The van der Waals surface area contributed by atoms with Gasteiger partial charge in [0.05, 0.1) is 0 Å². The van der Waals surface area contributed by atoms with Gasteiger partial charge in [-0.25, -0.2) is 0 Å². The molecule has 1 rings (SSSR count). The lowest BCUT2D eigenvalue weighted by atomic mass is 10.3. The Morgan fingerprint density at radius 3 is 2.64 bits per heavy atom. The Hall–Kier alpha value is -0.380. The Labute approximate surface area is 90.2 Å². The Bertz CT molecular complexity index is 378. The summed E-state index contributed by atoms with van der Waals surface area (Å²) in [7, 11) is -2.61. The van der Waals surface area contributed by atoms with Crippen LogP contribution in [-0.2, 0) is 9.09 Å². The lowest BCUT2D eigenvalue weighted by Gasteiger charge is -2.05. The summed E-state index contributed by atoms with van der Waals surface area (Å²) in [5.74, 6) is -0.120. The largest absolute Gasteiger partial charge is 0.446 e. The molecule has 0 atom stereocenters. The van der Waals surface area contributed by atoms with Crippen molar-refractivity contribution in [1.29, 1.82) is 0 Å². The van der Waals surface area contributed by atoms with Crippen molar-refractivity contribution in [2.75, 3.05) is 19.9 Å². The van der Waals surface area contributed by atoms with Crippen LogP contribution in [0.4, 0.5) is 0 Å². The van der Waals surface area contributed by atoms with Gasteiger partial charge < -0.3 is 8.94 Å². The van der Waals surface area contributed by atoms with Gasteiger partial charge in [0.25, 0.3) is 0 Å². The number of ketones is 1. The molecule has 0 N–H and O–H groups in total. The van der Waals surface area contributed by atoms with Crippen LogP contribution in [0, 0.1) is 0 Å². The summed E-state index contributed by atoms with van der Waals surface area (Å²) in [6.45, 7) is 2.70. The van der Waals surface area contributed by atoms with Crippen LogP contribution in [0.15, 0.2) is 21.2 Å². The summed E-state index contributed by atoms with van der Waals surface area (Å²) >= 11 is 3.08. The number of hydrogen-bond acceptors (Lipinski definition) is 4. The lowest BCUT2D eigenvalue weighted by Crippen LogP contribution is -2.06. The molecule has 0 amide bonds. The summed E-state index contributed by atoms with van der Waals surface area (Å²) in [6, 6.07) is 3.15. The highest BCUT2D eigenvalue weighted by molar-refractivity contribution is 9.10. The second-order valence-electron chi connectivity index (χ2n) is 3.05. The summed E-state index contributed by atoms with van der Waals surface area (Å²) in [5, 5.41) is 0. The predicted molar refractivity (Wildman–Crippen MR) is 56.1 cm³/mol. The maximum Gasteiger partial charge on any atom is 0.224 e. The van der Waals surface area contributed by atoms with Crippen LogP contribution in [0.3, 0.4) is 0 Å². The summed E-state index contributed by atoms with van der Waals surface area (Å²) in [6.07, 6.45) is 0. The average Bonchev–Trinajstić information content (AvgIpc) is 2.46. The fraction of sp³-hybridized carbons (Fsp3) is 0.375. The molecule has 0 aliphatic heterocycles. The van der Waals surface area contributed by atoms with Crippen LogP contribution in [0.25, 0.3) is 0 Å². The molecule has 0 saturated heterocycles. The molecule has 0 saturated carbocycles. The van der Waals surface area contributed by atoms with E-state index in [1.165, 1.54) is 19.4 Å². The van der Waals surface area contributed by atoms with Gasteiger partial charge in [-0.05, 0) is 28.1 Å². The van der Waals surface area contributed by atoms with E-state index in [1.807, 2.05) is 0 Å². The van der Waals surface area contributed by atoms with E-state index >= 15 is 0 Å². The first-order valence-electron chi connectivity index (χ1n) is 3.86. The quantitative estimate of drug-likeness (QED) is 0.629. The van der Waals surface area contributed by atoms with E-state index in [1.54, 1.807) is 6.07 Å². The second-order valence-corrected chi connectivity index (χ2v) is 6.60. The fourth-order valence-corrected chi connectivity index (χ4v) is 1.48. The van der Waals surface area contributed by atoms with Crippen molar-refractivity contribution in [2.45, 2.75) is 0 Å². The van der Waals surface area contributed by atoms with E-state index in [9.17, 15) is 9.36 Å². The Morgan fingerprint density at radius 1 is 1.57 bits per heavy atom. The zero-order valence-electron chi connectivity index (χ0n) is 7.82. The van der Waals surface area contributed by atoms with Gasteiger partial charge in [-0.2, -0.15) is 0 Å². The highest BCUT2D eigenvalue weighted by atomic mass is 79.9. The molecule has 0 fully saturated rings. The smallest absolute Gasteiger partial charge is 0.224 e. The molecule has 0 unspecified atom stereocenters. The molecular formula is C8H10BrO4P. The first-order valence-corrected chi connectivity index (χ1v) is 7.18. The van der Waals surface area contributed by atoms with Gasteiger partial charge in [0, 0.05) is 13.3 Å². The Morgan fingerprint density at radius 2 is 2.21 bits per heavy atom. The maximum absolute atomic E-state index is 11.3. The molecule has 0 bridgehead atoms. The molecule has 14 heavy (non-hydrogen) atoms. The monoisotopic (exact) mass is 280 g/mol. The van der Waals surface area contributed by atoms with E-state index in [2.05, 4.69) is 15.9 Å². The molecular weight excluding hydrogens is 271 g/mol. The van der Waals surface area contributed by atoms with Crippen LogP contribution in [-0.4, -0.2) is 25.7 Å². The topological polar surface area (TPSA) is 56.5 Å². The summed E-state index contributed by atoms with van der Waals surface area (Å²) in [4.78, 5) is 11.3. The number of rotatable bonds is 4. The molecule has 78 valence electrons. The van der Waals surface area contributed by atoms with Crippen molar-refractivity contribution < 1.29 is 18.3 Å². The van der Waals surface area contributed by atoms with E-state index < -0.39 is 7.37 Å². The molecule has 0 aliphatic rings. The molecule has 1 aromatic rings. The highest BCUT2D eigenvalue weighted by Gasteiger charge is 2.14. The molecule has 0 aromatic carbocycles. The number of halogens is 1. The molecule has 1 aromatic heterocycles. The third kappa shape index (κ3) is 3.78. The third-order valence-electron chi connectivity index (χ3n) is 1.35. The van der Waals surface area contributed by atoms with E-state index in [-0.39, 0.29) is 18.2 Å². The lowest BCUT2D eigenvalue weighted by molar-refractivity contribution is 0.0895. The van der Waals surface area contributed by atoms with Crippen LogP contribution in [0.2, 0.25) is 0 Å². The normalized spacial score (nSPS) is 11.6. The zero-order chi connectivity index (χ0) is 10.8. The van der Waals surface area contributed by atoms with Crippen molar-refractivity contribution in [3.63, 3.8) is 0 Å². The van der Waals surface area contributed by atoms with E-state index in [0.717, 1.165) is 0 Å². The van der Waals surface area contributed by atoms with Crippen molar-refractivity contribution in [2.24, 2.45) is 0 Å². The average molecular weight is 281 g/mol. The first-order chi connectivity index (χ1) is 6.38. The first kappa shape index (κ1) is 11.7. The van der Waals surface area contributed by atoms with Crippen molar-refractivity contribution in [3.8, 4) is 0 Å². The van der Waals surface area contributed by atoms with Gasteiger partial charge in [-0.15, -0.1) is 0 Å². The summed E-state index contributed by atoms with van der Waals surface area (Å²) < 4.78 is 21.5. The summed E-state index contributed by atoms with van der Waals surface area (Å²) in [5.41, 5.74) is 0.